The molecule has 6 nitrogen and oxygen atoms in total. The molecule has 28 heavy (non-hydrogen) atoms. The first-order chi connectivity index (χ1) is 13.3. The van der Waals surface area contributed by atoms with Gasteiger partial charge in [0.05, 0.1) is 18.1 Å². The number of aryl methyl sites for hydroxylation is 1. The lowest BCUT2D eigenvalue weighted by molar-refractivity contribution is 0.201. The number of rotatable bonds is 5. The van der Waals surface area contributed by atoms with Crippen LogP contribution in [0.25, 0.3) is 10.8 Å². The average Bonchev–Trinajstić information content (AvgIpc) is 2.67. The molecule has 0 unspecified atom stereocenters. The standard InChI is InChI=1S/C21H23FN4O2/c1-14-8-9-16(10-19(14)22)13-25(3)21(28)24-15(2)12-26-20(27)18-7-5-4-6-17(18)11-23-26/h4-11,15H,12-13H2,1-3H3,(H,24,28)/t15-/m1/s1. The highest BCUT2D eigenvalue weighted by Crippen LogP contribution is 2.11. The predicted octanol–water partition coefficient (Wildman–Crippen LogP) is 3.07. The highest BCUT2D eigenvalue weighted by atomic mass is 19.1. The van der Waals surface area contributed by atoms with Crippen LogP contribution in [0.3, 0.4) is 0 Å². The van der Waals surface area contributed by atoms with Crippen LogP contribution in [0.1, 0.15) is 18.1 Å². The van der Waals surface area contributed by atoms with Crippen molar-refractivity contribution in [1.29, 1.82) is 0 Å². The maximum Gasteiger partial charge on any atom is 0.317 e. The molecule has 0 saturated heterocycles. The van der Waals surface area contributed by atoms with Crippen molar-refractivity contribution in [2.75, 3.05) is 7.05 Å². The van der Waals surface area contributed by atoms with Crippen molar-refractivity contribution in [2.45, 2.75) is 33.0 Å². The van der Waals surface area contributed by atoms with Gasteiger partial charge in [0, 0.05) is 25.0 Å². The van der Waals surface area contributed by atoms with Crippen LogP contribution in [0.5, 0.6) is 0 Å². The number of halogens is 1. The molecular weight excluding hydrogens is 359 g/mol. The Hall–Kier alpha value is -3.22. The molecule has 146 valence electrons. The normalized spacial score (nSPS) is 12.0. The molecule has 2 amide bonds. The second kappa shape index (κ2) is 8.21. The number of fused-ring (bicyclic) bond motifs is 1. The topological polar surface area (TPSA) is 67.2 Å². The lowest BCUT2D eigenvalue weighted by Crippen LogP contribution is -2.44. The zero-order valence-electron chi connectivity index (χ0n) is 16.1. The molecule has 0 spiro atoms. The van der Waals surface area contributed by atoms with E-state index in [0.717, 1.165) is 5.39 Å². The number of nitrogens with zero attached hydrogens (tertiary/aromatic N) is 3. The van der Waals surface area contributed by atoms with E-state index in [0.29, 0.717) is 16.5 Å². The second-order valence-corrected chi connectivity index (χ2v) is 7.01. The van der Waals surface area contributed by atoms with E-state index in [4.69, 9.17) is 0 Å². The molecule has 0 aliphatic carbocycles. The first-order valence-electron chi connectivity index (χ1n) is 9.06. The fourth-order valence-electron chi connectivity index (χ4n) is 2.96. The van der Waals surface area contributed by atoms with Crippen LogP contribution < -0.4 is 10.9 Å². The summed E-state index contributed by atoms with van der Waals surface area (Å²) < 4.78 is 15.0. The predicted molar refractivity (Wildman–Crippen MR) is 107 cm³/mol. The molecule has 3 rings (SSSR count). The fraction of sp³-hybridized carbons (Fsp3) is 0.286. The van der Waals surface area contributed by atoms with Crippen molar-refractivity contribution < 1.29 is 9.18 Å². The van der Waals surface area contributed by atoms with Crippen molar-refractivity contribution in [3.05, 3.63) is 76.0 Å². The van der Waals surface area contributed by atoms with Gasteiger partial charge in [0.2, 0.25) is 0 Å². The van der Waals surface area contributed by atoms with E-state index >= 15 is 0 Å². The molecule has 1 aromatic heterocycles. The van der Waals surface area contributed by atoms with E-state index in [-0.39, 0.29) is 36.5 Å². The average molecular weight is 382 g/mol. The SMILES string of the molecule is Cc1ccc(CN(C)C(=O)N[C@H](C)Cn2ncc3ccccc3c2=O)cc1F. The lowest BCUT2D eigenvalue weighted by atomic mass is 10.1. The zero-order chi connectivity index (χ0) is 20.3. The second-order valence-electron chi connectivity index (χ2n) is 7.01. The van der Waals surface area contributed by atoms with Gasteiger partial charge in [0.25, 0.3) is 5.56 Å². The van der Waals surface area contributed by atoms with Gasteiger partial charge in [-0.2, -0.15) is 5.10 Å². The van der Waals surface area contributed by atoms with Gasteiger partial charge >= 0.3 is 6.03 Å². The molecule has 0 radical (unpaired) electrons. The Morgan fingerprint density at radius 2 is 2.04 bits per heavy atom. The molecule has 2 aromatic carbocycles. The molecular formula is C21H23FN4O2. The van der Waals surface area contributed by atoms with Gasteiger partial charge in [-0.05, 0) is 37.1 Å². The number of aromatic nitrogens is 2. The van der Waals surface area contributed by atoms with E-state index in [1.165, 1.54) is 15.6 Å². The van der Waals surface area contributed by atoms with Crippen LogP contribution in [0.2, 0.25) is 0 Å². The summed E-state index contributed by atoms with van der Waals surface area (Å²) in [6, 6.07) is 11.6. The summed E-state index contributed by atoms with van der Waals surface area (Å²) in [5.41, 5.74) is 1.08. The number of benzene rings is 2. The van der Waals surface area contributed by atoms with E-state index in [9.17, 15) is 14.0 Å². The molecule has 1 N–H and O–H groups in total. The quantitative estimate of drug-likeness (QED) is 0.737. The summed E-state index contributed by atoms with van der Waals surface area (Å²) in [6.07, 6.45) is 1.64. The molecule has 0 aliphatic rings. The largest absolute Gasteiger partial charge is 0.334 e. The maximum atomic E-state index is 13.7. The van der Waals surface area contributed by atoms with Crippen LogP contribution in [-0.2, 0) is 13.1 Å². The van der Waals surface area contributed by atoms with Gasteiger partial charge in [0.1, 0.15) is 5.82 Å². The fourth-order valence-corrected chi connectivity index (χ4v) is 2.96. The van der Waals surface area contributed by atoms with Gasteiger partial charge in [-0.1, -0.05) is 30.3 Å². The van der Waals surface area contributed by atoms with Crippen LogP contribution >= 0.6 is 0 Å². The minimum atomic E-state index is -0.309. The molecule has 0 saturated carbocycles. The van der Waals surface area contributed by atoms with Crippen molar-refractivity contribution in [3.8, 4) is 0 Å². The van der Waals surface area contributed by atoms with Crippen molar-refractivity contribution in [2.24, 2.45) is 0 Å². The Morgan fingerprint density at radius 1 is 1.29 bits per heavy atom. The maximum absolute atomic E-state index is 13.7. The third kappa shape index (κ3) is 4.36. The lowest BCUT2D eigenvalue weighted by Gasteiger charge is -2.22. The van der Waals surface area contributed by atoms with Crippen molar-refractivity contribution >= 4 is 16.8 Å². The Morgan fingerprint density at radius 3 is 2.79 bits per heavy atom. The monoisotopic (exact) mass is 382 g/mol. The Bertz CT molecular complexity index is 1060. The molecule has 0 bridgehead atoms. The van der Waals surface area contributed by atoms with Gasteiger partial charge in [-0.25, -0.2) is 13.9 Å². The Labute approximate surface area is 162 Å². The first kappa shape index (κ1) is 19.5. The Kier molecular flexibility index (Phi) is 5.73. The molecule has 1 heterocycles. The molecule has 3 aromatic rings. The number of urea groups is 1. The molecule has 0 aliphatic heterocycles. The molecule has 1 atom stereocenters. The van der Waals surface area contributed by atoms with E-state index < -0.39 is 0 Å². The number of carbonyl (C=O) groups is 1. The van der Waals surface area contributed by atoms with Crippen LogP contribution in [0, 0.1) is 12.7 Å². The number of hydrogen-bond donors (Lipinski definition) is 1. The highest BCUT2D eigenvalue weighted by Gasteiger charge is 2.15. The van der Waals surface area contributed by atoms with Gasteiger partial charge in [-0.3, -0.25) is 4.79 Å². The molecule has 7 heteroatoms. The molecule has 0 fully saturated rings. The van der Waals surface area contributed by atoms with Crippen molar-refractivity contribution in [3.63, 3.8) is 0 Å². The smallest absolute Gasteiger partial charge is 0.317 e. The summed E-state index contributed by atoms with van der Waals surface area (Å²) in [4.78, 5) is 26.4. The van der Waals surface area contributed by atoms with Gasteiger partial charge in [-0.15, -0.1) is 0 Å². The van der Waals surface area contributed by atoms with E-state index in [2.05, 4.69) is 10.4 Å². The minimum Gasteiger partial charge on any atom is -0.334 e. The Balaban J connectivity index is 1.63. The summed E-state index contributed by atoms with van der Waals surface area (Å²) in [7, 11) is 1.64. The van der Waals surface area contributed by atoms with Crippen LogP contribution in [0.4, 0.5) is 9.18 Å². The number of amides is 2. The minimum absolute atomic E-state index is 0.192. The van der Waals surface area contributed by atoms with E-state index in [1.54, 1.807) is 45.3 Å². The van der Waals surface area contributed by atoms with Crippen LogP contribution in [0.15, 0.2) is 53.5 Å². The zero-order valence-corrected chi connectivity index (χ0v) is 16.1. The van der Waals surface area contributed by atoms with Crippen LogP contribution in [-0.4, -0.2) is 33.8 Å². The third-order valence-electron chi connectivity index (χ3n) is 4.58. The number of nitrogens with one attached hydrogen (secondary N) is 1. The highest BCUT2D eigenvalue weighted by molar-refractivity contribution is 5.80. The van der Waals surface area contributed by atoms with Gasteiger partial charge in [0.15, 0.2) is 0 Å². The number of hydrogen-bond acceptors (Lipinski definition) is 3. The van der Waals surface area contributed by atoms with E-state index in [1.807, 2.05) is 18.2 Å². The van der Waals surface area contributed by atoms with Gasteiger partial charge < -0.3 is 10.2 Å². The third-order valence-corrected chi connectivity index (χ3v) is 4.58. The number of carbonyl (C=O) groups excluding carboxylic acids is 1. The summed E-state index contributed by atoms with van der Waals surface area (Å²) in [5, 5.41) is 8.40. The first-order valence-corrected chi connectivity index (χ1v) is 9.06. The summed E-state index contributed by atoms with van der Waals surface area (Å²) in [5.74, 6) is -0.290. The summed E-state index contributed by atoms with van der Waals surface area (Å²) >= 11 is 0. The summed E-state index contributed by atoms with van der Waals surface area (Å²) in [6.45, 7) is 4.03. The van der Waals surface area contributed by atoms with Crippen molar-refractivity contribution in [1.82, 2.24) is 20.0 Å².